The molecule has 1 saturated heterocycles. The molecule has 1 amide bonds. The van der Waals surface area contributed by atoms with Gasteiger partial charge in [-0.3, -0.25) is 4.79 Å². The second-order valence-corrected chi connectivity index (χ2v) is 5.78. The number of nitrogens with zero attached hydrogens (tertiary/aromatic N) is 3. The SMILES string of the molecule is Cc1nnc(C(=O)N2CC[C@@H](O)[C@H](Oc3ccc(Cl)cc3)C2)o1. The molecule has 0 aliphatic carbocycles. The van der Waals surface area contributed by atoms with E-state index in [1.807, 2.05) is 0 Å². The third kappa shape index (κ3) is 3.62. The van der Waals surface area contributed by atoms with E-state index in [4.69, 9.17) is 20.8 Å². The van der Waals surface area contributed by atoms with E-state index in [0.29, 0.717) is 29.6 Å². The number of aromatic nitrogens is 2. The summed E-state index contributed by atoms with van der Waals surface area (Å²) in [6.07, 6.45) is -0.769. The highest BCUT2D eigenvalue weighted by atomic mass is 35.5. The zero-order chi connectivity index (χ0) is 16.4. The summed E-state index contributed by atoms with van der Waals surface area (Å²) in [5.41, 5.74) is 0. The molecule has 8 heteroatoms. The third-order valence-electron chi connectivity index (χ3n) is 3.62. The quantitative estimate of drug-likeness (QED) is 0.916. The molecule has 0 bridgehead atoms. The van der Waals surface area contributed by atoms with Gasteiger partial charge in [0.05, 0.1) is 12.6 Å². The molecule has 122 valence electrons. The molecule has 0 unspecified atom stereocenters. The van der Waals surface area contributed by atoms with Crippen molar-refractivity contribution in [1.29, 1.82) is 0 Å². The highest BCUT2D eigenvalue weighted by Gasteiger charge is 2.33. The van der Waals surface area contributed by atoms with Gasteiger partial charge in [-0.1, -0.05) is 11.6 Å². The number of aryl methyl sites for hydroxylation is 1. The number of aliphatic hydroxyl groups is 1. The Labute approximate surface area is 137 Å². The second-order valence-electron chi connectivity index (χ2n) is 5.34. The molecule has 2 aromatic rings. The molecule has 1 aromatic carbocycles. The van der Waals surface area contributed by atoms with Crippen LogP contribution < -0.4 is 4.74 Å². The molecular formula is C15H16ClN3O4. The lowest BCUT2D eigenvalue weighted by Gasteiger charge is -2.35. The van der Waals surface area contributed by atoms with Crippen molar-refractivity contribution in [3.05, 3.63) is 41.1 Å². The topological polar surface area (TPSA) is 88.7 Å². The molecule has 0 saturated carbocycles. The minimum absolute atomic E-state index is 0.0517. The van der Waals surface area contributed by atoms with Crippen LogP contribution in [0.15, 0.2) is 28.7 Å². The number of carbonyl (C=O) groups excluding carboxylic acids is 1. The van der Waals surface area contributed by atoms with Crippen LogP contribution in [0.2, 0.25) is 5.02 Å². The molecule has 2 atom stereocenters. The maximum atomic E-state index is 12.3. The van der Waals surface area contributed by atoms with Crippen LogP contribution in [0, 0.1) is 6.92 Å². The first-order valence-electron chi connectivity index (χ1n) is 7.22. The summed E-state index contributed by atoms with van der Waals surface area (Å²) in [5, 5.41) is 18.1. The van der Waals surface area contributed by atoms with Crippen LogP contribution in [0.1, 0.15) is 23.0 Å². The first kappa shape index (κ1) is 15.8. The van der Waals surface area contributed by atoms with Gasteiger partial charge in [-0.05, 0) is 30.7 Å². The van der Waals surface area contributed by atoms with E-state index in [2.05, 4.69) is 10.2 Å². The predicted molar refractivity (Wildman–Crippen MR) is 81.4 cm³/mol. The van der Waals surface area contributed by atoms with Crippen LogP contribution in [-0.2, 0) is 0 Å². The van der Waals surface area contributed by atoms with Gasteiger partial charge in [0.1, 0.15) is 11.9 Å². The molecule has 2 heterocycles. The lowest BCUT2D eigenvalue weighted by Crippen LogP contribution is -2.51. The van der Waals surface area contributed by atoms with E-state index in [-0.39, 0.29) is 18.3 Å². The maximum absolute atomic E-state index is 12.3. The van der Waals surface area contributed by atoms with Gasteiger partial charge in [0.15, 0.2) is 0 Å². The van der Waals surface area contributed by atoms with Crippen LogP contribution in [0.25, 0.3) is 0 Å². The summed E-state index contributed by atoms with van der Waals surface area (Å²) < 4.78 is 10.9. The van der Waals surface area contributed by atoms with Crippen molar-refractivity contribution in [2.24, 2.45) is 0 Å². The molecule has 1 N–H and O–H groups in total. The van der Waals surface area contributed by atoms with Gasteiger partial charge >= 0.3 is 11.8 Å². The summed E-state index contributed by atoms with van der Waals surface area (Å²) in [6.45, 7) is 2.27. The van der Waals surface area contributed by atoms with E-state index in [9.17, 15) is 9.90 Å². The van der Waals surface area contributed by atoms with Crippen molar-refractivity contribution < 1.29 is 19.1 Å². The molecule has 7 nitrogen and oxygen atoms in total. The Kier molecular flexibility index (Phi) is 4.49. The smallest absolute Gasteiger partial charge is 0.311 e. The second kappa shape index (κ2) is 6.55. The largest absolute Gasteiger partial charge is 0.486 e. The average molecular weight is 338 g/mol. The number of rotatable bonds is 3. The monoisotopic (exact) mass is 337 g/mol. The van der Waals surface area contributed by atoms with Crippen molar-refractivity contribution in [2.75, 3.05) is 13.1 Å². The van der Waals surface area contributed by atoms with Crippen LogP contribution in [-0.4, -0.2) is 51.4 Å². The Morgan fingerprint density at radius 2 is 2.13 bits per heavy atom. The van der Waals surface area contributed by atoms with Crippen molar-refractivity contribution in [3.63, 3.8) is 0 Å². The van der Waals surface area contributed by atoms with Gasteiger partial charge in [0.25, 0.3) is 0 Å². The lowest BCUT2D eigenvalue weighted by molar-refractivity contribution is -0.0202. The molecule has 1 aliphatic rings. The normalized spacial score (nSPS) is 21.3. The Balaban J connectivity index is 1.69. The number of benzene rings is 1. The van der Waals surface area contributed by atoms with Crippen molar-refractivity contribution >= 4 is 17.5 Å². The molecule has 1 aromatic heterocycles. The molecule has 1 fully saturated rings. The van der Waals surface area contributed by atoms with Crippen molar-refractivity contribution in [2.45, 2.75) is 25.6 Å². The van der Waals surface area contributed by atoms with Gasteiger partial charge in [-0.2, -0.15) is 0 Å². The summed E-state index contributed by atoms with van der Waals surface area (Å²) in [6, 6.07) is 6.85. The van der Waals surface area contributed by atoms with Gasteiger partial charge in [-0.25, -0.2) is 0 Å². The fourth-order valence-corrected chi connectivity index (χ4v) is 2.54. The number of amides is 1. The number of halogens is 1. The van der Waals surface area contributed by atoms with Crippen molar-refractivity contribution in [3.8, 4) is 5.75 Å². The van der Waals surface area contributed by atoms with E-state index < -0.39 is 12.2 Å². The number of carbonyl (C=O) groups is 1. The molecule has 0 spiro atoms. The fraction of sp³-hybridized carbons (Fsp3) is 0.400. The molecule has 3 rings (SSSR count). The lowest BCUT2D eigenvalue weighted by atomic mass is 10.0. The summed E-state index contributed by atoms with van der Waals surface area (Å²) in [5.74, 6) is 0.507. The molecule has 0 radical (unpaired) electrons. The Morgan fingerprint density at radius 1 is 1.39 bits per heavy atom. The van der Waals surface area contributed by atoms with Crippen molar-refractivity contribution in [1.82, 2.24) is 15.1 Å². The molecular weight excluding hydrogens is 322 g/mol. The summed E-state index contributed by atoms with van der Waals surface area (Å²) in [4.78, 5) is 13.9. The van der Waals surface area contributed by atoms with E-state index in [1.165, 1.54) is 0 Å². The Morgan fingerprint density at radius 3 is 2.78 bits per heavy atom. The van der Waals surface area contributed by atoms with Gasteiger partial charge < -0.3 is 19.2 Å². The minimum atomic E-state index is -0.654. The zero-order valence-electron chi connectivity index (χ0n) is 12.5. The van der Waals surface area contributed by atoms with E-state index >= 15 is 0 Å². The highest BCUT2D eigenvalue weighted by molar-refractivity contribution is 6.30. The standard InChI is InChI=1S/C15H16ClN3O4/c1-9-17-18-14(22-9)15(21)19-7-6-12(20)13(8-19)23-11-4-2-10(16)3-5-11/h2-5,12-13,20H,6-8H2,1H3/t12-,13-/m1/s1. The van der Waals surface area contributed by atoms with E-state index in [0.717, 1.165) is 0 Å². The highest BCUT2D eigenvalue weighted by Crippen LogP contribution is 2.22. The van der Waals surface area contributed by atoms with E-state index in [1.54, 1.807) is 36.1 Å². The minimum Gasteiger partial charge on any atom is -0.486 e. The molecule has 23 heavy (non-hydrogen) atoms. The number of aliphatic hydroxyl groups excluding tert-OH is 1. The zero-order valence-corrected chi connectivity index (χ0v) is 13.2. The first-order chi connectivity index (χ1) is 11.0. The van der Waals surface area contributed by atoms with Crippen LogP contribution in [0.3, 0.4) is 0 Å². The number of piperidine rings is 1. The van der Waals surface area contributed by atoms with Crippen LogP contribution >= 0.6 is 11.6 Å². The number of hydrogen-bond acceptors (Lipinski definition) is 6. The third-order valence-corrected chi connectivity index (χ3v) is 3.87. The number of likely N-dealkylation sites (tertiary alicyclic amines) is 1. The summed E-state index contributed by atoms with van der Waals surface area (Å²) in [7, 11) is 0. The number of ether oxygens (including phenoxy) is 1. The average Bonchev–Trinajstić information content (AvgIpc) is 2.97. The Bertz CT molecular complexity index is 688. The number of hydrogen-bond donors (Lipinski definition) is 1. The fourth-order valence-electron chi connectivity index (χ4n) is 2.41. The van der Waals surface area contributed by atoms with Crippen LogP contribution in [0.5, 0.6) is 5.75 Å². The predicted octanol–water partition coefficient (Wildman–Crippen LogP) is 1.69. The molecule has 1 aliphatic heterocycles. The van der Waals surface area contributed by atoms with Gasteiger partial charge in [0, 0.05) is 18.5 Å². The van der Waals surface area contributed by atoms with Crippen LogP contribution in [0.4, 0.5) is 0 Å². The first-order valence-corrected chi connectivity index (χ1v) is 7.60. The van der Waals surface area contributed by atoms with Gasteiger partial charge in [-0.15, -0.1) is 10.2 Å². The van der Waals surface area contributed by atoms with Gasteiger partial charge in [0.2, 0.25) is 5.89 Å². The maximum Gasteiger partial charge on any atom is 0.311 e. The summed E-state index contributed by atoms with van der Waals surface area (Å²) >= 11 is 5.84. The Hall–Kier alpha value is -2.12.